The first-order valence-corrected chi connectivity index (χ1v) is 5.56. The molecule has 1 N–H and O–H groups in total. The molecule has 5 nitrogen and oxygen atoms in total. The van der Waals surface area contributed by atoms with Crippen LogP contribution in [-0.4, -0.2) is 31.7 Å². The molecule has 0 saturated heterocycles. The standard InChI is InChI=1S/C13H16FNO4/c1-13(2,19-4)12(17)15-10-7-8(14)5-6-9(10)11(16)18-3/h5-7H,1-4H3,(H,15,17). The van der Waals surface area contributed by atoms with Gasteiger partial charge in [-0.15, -0.1) is 0 Å². The van der Waals surface area contributed by atoms with Gasteiger partial charge < -0.3 is 14.8 Å². The van der Waals surface area contributed by atoms with Crippen molar-refractivity contribution in [1.29, 1.82) is 0 Å². The van der Waals surface area contributed by atoms with Crippen molar-refractivity contribution in [2.45, 2.75) is 19.4 Å². The minimum absolute atomic E-state index is 0.0435. The summed E-state index contributed by atoms with van der Waals surface area (Å²) in [6.07, 6.45) is 0. The maximum atomic E-state index is 13.2. The SMILES string of the molecule is COC(=O)c1ccc(F)cc1NC(=O)C(C)(C)OC. The molecule has 19 heavy (non-hydrogen) atoms. The fourth-order valence-corrected chi connectivity index (χ4v) is 1.27. The number of methoxy groups -OCH3 is 2. The third-order valence-corrected chi connectivity index (χ3v) is 2.69. The largest absolute Gasteiger partial charge is 0.465 e. The summed E-state index contributed by atoms with van der Waals surface area (Å²) in [6.45, 7) is 3.11. The molecule has 0 saturated carbocycles. The van der Waals surface area contributed by atoms with E-state index in [1.165, 1.54) is 20.3 Å². The van der Waals surface area contributed by atoms with E-state index in [0.29, 0.717) is 0 Å². The van der Waals surface area contributed by atoms with Crippen LogP contribution in [0.1, 0.15) is 24.2 Å². The molecule has 0 unspecified atom stereocenters. The highest BCUT2D eigenvalue weighted by Gasteiger charge is 2.28. The Hall–Kier alpha value is -1.95. The van der Waals surface area contributed by atoms with E-state index in [1.54, 1.807) is 13.8 Å². The average molecular weight is 269 g/mol. The third kappa shape index (κ3) is 3.51. The maximum absolute atomic E-state index is 13.2. The van der Waals surface area contributed by atoms with Crippen molar-refractivity contribution in [2.75, 3.05) is 19.5 Å². The number of nitrogens with one attached hydrogen (secondary N) is 1. The summed E-state index contributed by atoms with van der Waals surface area (Å²) in [7, 11) is 2.59. The van der Waals surface area contributed by atoms with Gasteiger partial charge in [-0.05, 0) is 32.0 Å². The summed E-state index contributed by atoms with van der Waals surface area (Å²) in [5.41, 5.74) is -0.981. The number of halogens is 1. The Bertz CT molecular complexity index is 499. The van der Waals surface area contributed by atoms with Crippen LogP contribution in [0.4, 0.5) is 10.1 Å². The van der Waals surface area contributed by atoms with Crippen LogP contribution in [0.5, 0.6) is 0 Å². The highest BCUT2D eigenvalue weighted by atomic mass is 19.1. The molecule has 0 aromatic heterocycles. The molecule has 0 fully saturated rings. The van der Waals surface area contributed by atoms with Gasteiger partial charge in [-0.2, -0.15) is 0 Å². The fraction of sp³-hybridized carbons (Fsp3) is 0.385. The lowest BCUT2D eigenvalue weighted by atomic mass is 10.1. The van der Waals surface area contributed by atoms with Gasteiger partial charge in [-0.1, -0.05) is 0 Å². The molecule has 0 bridgehead atoms. The number of ether oxygens (including phenoxy) is 2. The van der Waals surface area contributed by atoms with Crippen molar-refractivity contribution in [2.24, 2.45) is 0 Å². The predicted octanol–water partition coefficient (Wildman–Crippen LogP) is 1.98. The molecule has 6 heteroatoms. The molecule has 104 valence electrons. The van der Waals surface area contributed by atoms with E-state index in [4.69, 9.17) is 4.74 Å². The highest BCUT2D eigenvalue weighted by Crippen LogP contribution is 2.20. The van der Waals surface area contributed by atoms with Crippen molar-refractivity contribution >= 4 is 17.6 Å². The zero-order valence-corrected chi connectivity index (χ0v) is 11.2. The van der Waals surface area contributed by atoms with Gasteiger partial charge in [-0.3, -0.25) is 4.79 Å². The minimum atomic E-state index is -1.10. The van der Waals surface area contributed by atoms with E-state index in [9.17, 15) is 14.0 Å². The Kier molecular flexibility index (Phi) is 4.61. The zero-order valence-electron chi connectivity index (χ0n) is 11.2. The van der Waals surface area contributed by atoms with Gasteiger partial charge in [-0.25, -0.2) is 9.18 Å². The first-order valence-electron chi connectivity index (χ1n) is 5.56. The number of anilines is 1. The van der Waals surface area contributed by atoms with Crippen LogP contribution in [0.15, 0.2) is 18.2 Å². The molecule has 1 amide bonds. The van der Waals surface area contributed by atoms with E-state index in [1.807, 2.05) is 0 Å². The van der Waals surface area contributed by atoms with Gasteiger partial charge in [0.2, 0.25) is 0 Å². The van der Waals surface area contributed by atoms with Crippen molar-refractivity contribution < 1.29 is 23.5 Å². The summed E-state index contributed by atoms with van der Waals surface area (Å²) in [5.74, 6) is -1.73. The second kappa shape index (κ2) is 5.79. The van der Waals surface area contributed by atoms with Crippen LogP contribution in [0, 0.1) is 5.82 Å². The number of hydrogen-bond donors (Lipinski definition) is 1. The normalized spacial score (nSPS) is 11.0. The number of esters is 1. The number of rotatable bonds is 4. The van der Waals surface area contributed by atoms with Crippen molar-refractivity contribution in [1.82, 2.24) is 0 Å². The Labute approximate surface area is 110 Å². The van der Waals surface area contributed by atoms with Gasteiger partial charge in [0.25, 0.3) is 5.91 Å². The maximum Gasteiger partial charge on any atom is 0.339 e. The molecule has 0 aliphatic heterocycles. The third-order valence-electron chi connectivity index (χ3n) is 2.69. The van der Waals surface area contributed by atoms with Gasteiger partial charge in [0.15, 0.2) is 0 Å². The Morgan fingerprint density at radius 3 is 2.42 bits per heavy atom. The quantitative estimate of drug-likeness (QED) is 0.849. The molecule has 0 aliphatic rings. The van der Waals surface area contributed by atoms with Crippen molar-refractivity contribution in [3.05, 3.63) is 29.6 Å². The number of carbonyl (C=O) groups excluding carboxylic acids is 2. The summed E-state index contributed by atoms with van der Waals surface area (Å²) < 4.78 is 22.8. The van der Waals surface area contributed by atoms with E-state index >= 15 is 0 Å². The minimum Gasteiger partial charge on any atom is -0.465 e. The zero-order chi connectivity index (χ0) is 14.6. The average Bonchev–Trinajstić information content (AvgIpc) is 2.38. The second-order valence-corrected chi connectivity index (χ2v) is 4.35. The Balaban J connectivity index is 3.09. The fourth-order valence-electron chi connectivity index (χ4n) is 1.27. The molecule has 0 atom stereocenters. The number of carbonyl (C=O) groups is 2. The first-order chi connectivity index (χ1) is 8.81. The number of hydrogen-bond acceptors (Lipinski definition) is 4. The highest BCUT2D eigenvalue weighted by molar-refractivity contribution is 6.03. The van der Waals surface area contributed by atoms with Crippen LogP contribution in [0.25, 0.3) is 0 Å². The molecule has 0 radical (unpaired) electrons. The molecule has 1 aromatic rings. The monoisotopic (exact) mass is 269 g/mol. The molecule has 1 aromatic carbocycles. The molecule has 1 rings (SSSR count). The molecule has 0 spiro atoms. The summed E-state index contributed by atoms with van der Waals surface area (Å²) in [4.78, 5) is 23.4. The van der Waals surface area contributed by atoms with Crippen molar-refractivity contribution in [3.8, 4) is 0 Å². The Morgan fingerprint density at radius 2 is 1.89 bits per heavy atom. The number of benzene rings is 1. The molecular weight excluding hydrogens is 253 g/mol. The van der Waals surface area contributed by atoms with Crippen LogP contribution < -0.4 is 5.32 Å². The van der Waals surface area contributed by atoms with Crippen LogP contribution in [0.3, 0.4) is 0 Å². The van der Waals surface area contributed by atoms with E-state index in [-0.39, 0.29) is 11.3 Å². The second-order valence-electron chi connectivity index (χ2n) is 4.35. The van der Waals surface area contributed by atoms with Gasteiger partial charge in [0, 0.05) is 7.11 Å². The lowest BCUT2D eigenvalue weighted by Gasteiger charge is -2.22. The lowest BCUT2D eigenvalue weighted by Crippen LogP contribution is -2.39. The van der Waals surface area contributed by atoms with E-state index in [2.05, 4.69) is 10.1 Å². The summed E-state index contributed by atoms with van der Waals surface area (Å²) in [6, 6.07) is 3.41. The van der Waals surface area contributed by atoms with Crippen LogP contribution in [0.2, 0.25) is 0 Å². The molecule has 0 aliphatic carbocycles. The van der Waals surface area contributed by atoms with Crippen LogP contribution >= 0.6 is 0 Å². The summed E-state index contributed by atoms with van der Waals surface area (Å²) in [5, 5.41) is 2.45. The predicted molar refractivity (Wildman–Crippen MR) is 67.5 cm³/mol. The van der Waals surface area contributed by atoms with Gasteiger partial charge in [0.05, 0.1) is 18.4 Å². The summed E-state index contributed by atoms with van der Waals surface area (Å²) >= 11 is 0. The molecular formula is C13H16FNO4. The van der Waals surface area contributed by atoms with Crippen molar-refractivity contribution in [3.63, 3.8) is 0 Å². The number of amides is 1. The Morgan fingerprint density at radius 1 is 1.26 bits per heavy atom. The smallest absolute Gasteiger partial charge is 0.339 e. The van der Waals surface area contributed by atoms with E-state index < -0.39 is 23.3 Å². The first kappa shape index (κ1) is 15.1. The lowest BCUT2D eigenvalue weighted by molar-refractivity contribution is -0.133. The van der Waals surface area contributed by atoms with Crippen LogP contribution in [-0.2, 0) is 14.3 Å². The molecule has 0 heterocycles. The van der Waals surface area contributed by atoms with E-state index in [0.717, 1.165) is 12.1 Å². The van der Waals surface area contributed by atoms with Gasteiger partial charge in [0.1, 0.15) is 11.4 Å². The topological polar surface area (TPSA) is 64.6 Å². The van der Waals surface area contributed by atoms with Gasteiger partial charge >= 0.3 is 5.97 Å².